The maximum absolute atomic E-state index is 12.9. The van der Waals surface area contributed by atoms with E-state index in [1.807, 2.05) is 11.1 Å². The first kappa shape index (κ1) is 19.4. The van der Waals surface area contributed by atoms with Crippen molar-refractivity contribution < 1.29 is 9.90 Å². The van der Waals surface area contributed by atoms with E-state index in [2.05, 4.69) is 21.8 Å². The number of aromatic nitrogens is 2. The van der Waals surface area contributed by atoms with E-state index >= 15 is 0 Å². The summed E-state index contributed by atoms with van der Waals surface area (Å²) in [5, 5.41) is 14.2. The molecule has 2 fully saturated rings. The monoisotopic (exact) mass is 362 g/mol. The Kier molecular flexibility index (Phi) is 6.70. The number of hydrogen-bond acceptors (Lipinski definition) is 4. The van der Waals surface area contributed by atoms with E-state index in [1.54, 1.807) is 6.20 Å². The summed E-state index contributed by atoms with van der Waals surface area (Å²) in [6.07, 6.45) is 12.9. The van der Waals surface area contributed by atoms with E-state index in [4.69, 9.17) is 0 Å². The molecular weight excluding hydrogens is 328 g/mol. The third-order valence-corrected chi connectivity index (χ3v) is 6.08. The third kappa shape index (κ3) is 4.65. The lowest BCUT2D eigenvalue weighted by Crippen LogP contribution is -2.58. The zero-order chi connectivity index (χ0) is 18.4. The molecule has 1 saturated heterocycles. The fraction of sp³-hybridized carbons (Fsp3) is 0.800. The second kappa shape index (κ2) is 9.00. The number of piperidine rings is 1. The Morgan fingerprint density at radius 1 is 1.31 bits per heavy atom. The van der Waals surface area contributed by atoms with Crippen molar-refractivity contribution in [2.45, 2.75) is 77.0 Å². The van der Waals surface area contributed by atoms with Crippen LogP contribution in [-0.4, -0.2) is 50.7 Å². The molecule has 0 bridgehead atoms. The molecule has 1 aromatic heterocycles. The Labute approximate surface area is 157 Å². The van der Waals surface area contributed by atoms with Crippen LogP contribution in [0.2, 0.25) is 0 Å². The van der Waals surface area contributed by atoms with Gasteiger partial charge >= 0.3 is 0 Å². The largest absolute Gasteiger partial charge is 0.379 e. The lowest BCUT2D eigenvalue weighted by atomic mass is 9.86. The van der Waals surface area contributed by atoms with Gasteiger partial charge in [-0.3, -0.25) is 4.79 Å². The zero-order valence-corrected chi connectivity index (χ0v) is 16.1. The number of carbonyl (C=O) groups is 1. The molecule has 1 atom stereocenters. The van der Waals surface area contributed by atoms with Gasteiger partial charge in [-0.1, -0.05) is 32.1 Å². The van der Waals surface area contributed by atoms with Crippen molar-refractivity contribution in [2.24, 2.45) is 5.92 Å². The molecule has 0 radical (unpaired) electrons. The molecule has 146 valence electrons. The van der Waals surface area contributed by atoms with Gasteiger partial charge in [-0.05, 0) is 32.1 Å². The summed E-state index contributed by atoms with van der Waals surface area (Å²) in [7, 11) is 0. The SMILES string of the molecule is CCn1ccnc1CNCC1(O)CCCN(CCC2CCCCC2)C1=O. The van der Waals surface area contributed by atoms with E-state index in [1.165, 1.54) is 32.1 Å². The number of nitrogens with one attached hydrogen (secondary N) is 1. The van der Waals surface area contributed by atoms with Gasteiger partial charge in [-0.25, -0.2) is 4.98 Å². The van der Waals surface area contributed by atoms with Crippen LogP contribution in [0.1, 0.15) is 64.1 Å². The van der Waals surface area contributed by atoms with Crippen LogP contribution in [0.15, 0.2) is 12.4 Å². The highest BCUT2D eigenvalue weighted by atomic mass is 16.3. The Bertz CT molecular complexity index is 582. The highest BCUT2D eigenvalue weighted by Crippen LogP contribution is 2.28. The molecule has 3 rings (SSSR count). The third-order valence-electron chi connectivity index (χ3n) is 6.08. The van der Waals surface area contributed by atoms with E-state index in [0.29, 0.717) is 19.5 Å². The predicted molar refractivity (Wildman–Crippen MR) is 102 cm³/mol. The Balaban J connectivity index is 1.48. The van der Waals surface area contributed by atoms with Crippen molar-refractivity contribution in [3.63, 3.8) is 0 Å². The molecule has 26 heavy (non-hydrogen) atoms. The van der Waals surface area contributed by atoms with Gasteiger partial charge in [0.2, 0.25) is 0 Å². The minimum atomic E-state index is -1.27. The number of aliphatic hydroxyl groups is 1. The van der Waals surface area contributed by atoms with Crippen LogP contribution in [0, 0.1) is 5.92 Å². The summed E-state index contributed by atoms with van der Waals surface area (Å²) in [5.74, 6) is 1.61. The van der Waals surface area contributed by atoms with Crippen molar-refractivity contribution in [1.29, 1.82) is 0 Å². The summed E-state index contributed by atoms with van der Waals surface area (Å²) in [6.45, 7) is 5.39. The van der Waals surface area contributed by atoms with Gasteiger partial charge in [-0.15, -0.1) is 0 Å². The van der Waals surface area contributed by atoms with Gasteiger partial charge < -0.3 is 19.9 Å². The molecule has 6 heteroatoms. The van der Waals surface area contributed by atoms with Crippen molar-refractivity contribution in [3.8, 4) is 0 Å². The molecule has 1 aliphatic heterocycles. The Morgan fingerprint density at radius 2 is 2.12 bits per heavy atom. The number of aryl methyl sites for hydroxylation is 1. The number of likely N-dealkylation sites (tertiary alicyclic amines) is 1. The van der Waals surface area contributed by atoms with Gasteiger partial charge in [0.25, 0.3) is 5.91 Å². The van der Waals surface area contributed by atoms with Gasteiger partial charge in [-0.2, -0.15) is 0 Å². The van der Waals surface area contributed by atoms with Crippen molar-refractivity contribution in [2.75, 3.05) is 19.6 Å². The van der Waals surface area contributed by atoms with Crippen LogP contribution in [-0.2, 0) is 17.9 Å². The molecule has 1 amide bonds. The first-order chi connectivity index (χ1) is 12.6. The Morgan fingerprint density at radius 3 is 2.88 bits per heavy atom. The lowest BCUT2D eigenvalue weighted by molar-refractivity contribution is -0.156. The minimum Gasteiger partial charge on any atom is -0.379 e. The average Bonchev–Trinajstić information content (AvgIpc) is 3.11. The number of imidazole rings is 1. The number of nitrogens with zero attached hydrogens (tertiary/aromatic N) is 3. The van der Waals surface area contributed by atoms with Crippen LogP contribution in [0.25, 0.3) is 0 Å². The van der Waals surface area contributed by atoms with Gasteiger partial charge in [0, 0.05) is 38.6 Å². The molecule has 2 N–H and O–H groups in total. The standard InChI is InChI=1S/C20H34N4O2/c1-2-23-14-11-22-18(23)15-21-16-20(26)10-6-12-24(19(20)25)13-9-17-7-4-3-5-8-17/h11,14,17,21,26H,2-10,12-13,15-16H2,1H3. The summed E-state index contributed by atoms with van der Waals surface area (Å²) in [4.78, 5) is 19.1. The predicted octanol–water partition coefficient (Wildman–Crippen LogP) is 2.32. The van der Waals surface area contributed by atoms with E-state index in [-0.39, 0.29) is 5.91 Å². The van der Waals surface area contributed by atoms with Crippen LogP contribution >= 0.6 is 0 Å². The highest BCUT2D eigenvalue weighted by Gasteiger charge is 2.41. The van der Waals surface area contributed by atoms with E-state index < -0.39 is 5.60 Å². The maximum atomic E-state index is 12.9. The summed E-state index contributed by atoms with van der Waals surface area (Å²) >= 11 is 0. The molecule has 6 nitrogen and oxygen atoms in total. The molecule has 0 aromatic carbocycles. The first-order valence-corrected chi connectivity index (χ1v) is 10.3. The molecule has 1 aliphatic carbocycles. The van der Waals surface area contributed by atoms with Gasteiger partial charge in [0.1, 0.15) is 5.82 Å². The summed E-state index contributed by atoms with van der Waals surface area (Å²) in [6, 6.07) is 0. The highest BCUT2D eigenvalue weighted by molar-refractivity contribution is 5.86. The fourth-order valence-corrected chi connectivity index (χ4v) is 4.43. The first-order valence-electron chi connectivity index (χ1n) is 10.3. The second-order valence-corrected chi connectivity index (χ2v) is 7.95. The van der Waals surface area contributed by atoms with Crippen LogP contribution < -0.4 is 5.32 Å². The zero-order valence-electron chi connectivity index (χ0n) is 16.1. The number of amides is 1. The maximum Gasteiger partial charge on any atom is 0.255 e. The molecule has 0 spiro atoms. The van der Waals surface area contributed by atoms with Crippen molar-refractivity contribution in [3.05, 3.63) is 18.2 Å². The normalized spacial score (nSPS) is 25.0. The van der Waals surface area contributed by atoms with E-state index in [9.17, 15) is 9.90 Å². The fourth-order valence-electron chi connectivity index (χ4n) is 4.43. The quantitative estimate of drug-likeness (QED) is 0.745. The molecule has 2 heterocycles. The second-order valence-electron chi connectivity index (χ2n) is 7.95. The lowest BCUT2D eigenvalue weighted by Gasteiger charge is -2.39. The number of carbonyl (C=O) groups excluding carboxylic acids is 1. The molecule has 1 aromatic rings. The van der Waals surface area contributed by atoms with Gasteiger partial charge in [0.05, 0.1) is 6.54 Å². The van der Waals surface area contributed by atoms with Crippen LogP contribution in [0.5, 0.6) is 0 Å². The van der Waals surface area contributed by atoms with Gasteiger partial charge in [0.15, 0.2) is 5.60 Å². The van der Waals surface area contributed by atoms with Crippen molar-refractivity contribution >= 4 is 5.91 Å². The molecule has 2 aliphatic rings. The number of hydrogen-bond donors (Lipinski definition) is 2. The molecule has 1 unspecified atom stereocenters. The molecule has 1 saturated carbocycles. The minimum absolute atomic E-state index is 0.0918. The summed E-state index contributed by atoms with van der Waals surface area (Å²) in [5.41, 5.74) is -1.27. The average molecular weight is 363 g/mol. The van der Waals surface area contributed by atoms with E-state index in [0.717, 1.165) is 44.2 Å². The number of rotatable bonds is 8. The molecular formula is C20H34N4O2. The summed E-state index contributed by atoms with van der Waals surface area (Å²) < 4.78 is 2.07. The van der Waals surface area contributed by atoms with Crippen LogP contribution in [0.4, 0.5) is 0 Å². The van der Waals surface area contributed by atoms with Crippen LogP contribution in [0.3, 0.4) is 0 Å². The Hall–Kier alpha value is -1.40. The topological polar surface area (TPSA) is 70.4 Å². The van der Waals surface area contributed by atoms with Crippen molar-refractivity contribution in [1.82, 2.24) is 19.8 Å². The smallest absolute Gasteiger partial charge is 0.255 e.